The number of nitrogens with zero attached hydrogens (tertiary/aromatic N) is 1. The van der Waals surface area contributed by atoms with E-state index in [-0.39, 0.29) is 48.7 Å². The molecule has 0 bridgehead atoms. The molecule has 1 saturated heterocycles. The van der Waals surface area contributed by atoms with Gasteiger partial charge in [0, 0.05) is 25.8 Å². The van der Waals surface area contributed by atoms with Crippen LogP contribution in [0.2, 0.25) is 0 Å². The molecule has 9 nitrogen and oxygen atoms in total. The zero-order valence-corrected chi connectivity index (χ0v) is 18.7. The molecule has 0 unspecified atom stereocenters. The van der Waals surface area contributed by atoms with Crippen LogP contribution in [0.15, 0.2) is 18.2 Å². The topological polar surface area (TPSA) is 109 Å². The summed E-state index contributed by atoms with van der Waals surface area (Å²) in [4.78, 5) is 39.0. The van der Waals surface area contributed by atoms with Crippen molar-refractivity contribution in [2.75, 3.05) is 26.0 Å². The molecule has 1 aromatic rings. The van der Waals surface area contributed by atoms with Gasteiger partial charge in [-0.1, -0.05) is 12.8 Å². The van der Waals surface area contributed by atoms with Crippen LogP contribution in [0.3, 0.4) is 0 Å². The number of hydrogen-bond donors (Lipinski definition) is 3. The summed E-state index contributed by atoms with van der Waals surface area (Å²) in [6.07, 6.45) is 5.51. The minimum absolute atomic E-state index is 0.0630. The normalized spacial score (nSPS) is 25.6. The third kappa shape index (κ3) is 4.98. The summed E-state index contributed by atoms with van der Waals surface area (Å²) >= 11 is 0. The van der Waals surface area contributed by atoms with Crippen molar-refractivity contribution in [1.82, 2.24) is 15.5 Å². The number of anilines is 1. The lowest BCUT2D eigenvalue weighted by Gasteiger charge is -2.42. The van der Waals surface area contributed by atoms with Gasteiger partial charge in [0.25, 0.3) is 5.91 Å². The maximum atomic E-state index is 13.3. The highest BCUT2D eigenvalue weighted by Crippen LogP contribution is 2.32. The van der Waals surface area contributed by atoms with Crippen LogP contribution in [-0.2, 0) is 9.53 Å². The zero-order valence-electron chi connectivity index (χ0n) is 18.7. The quantitative estimate of drug-likeness (QED) is 0.660. The number of carbonyl (C=O) groups is 3. The predicted molar refractivity (Wildman–Crippen MR) is 119 cm³/mol. The summed E-state index contributed by atoms with van der Waals surface area (Å²) in [7, 11) is 3.38. The smallest absolute Gasteiger partial charge is 0.319 e. The molecule has 0 aromatic heterocycles. The summed E-state index contributed by atoms with van der Waals surface area (Å²) in [5.74, 6) is 0.217. The molecule has 4 rings (SSSR count). The molecule has 3 atom stereocenters. The van der Waals surface area contributed by atoms with E-state index in [0.717, 1.165) is 32.1 Å². The van der Waals surface area contributed by atoms with Crippen molar-refractivity contribution in [1.29, 1.82) is 0 Å². The molecule has 2 heterocycles. The van der Waals surface area contributed by atoms with Crippen LogP contribution in [0, 0.1) is 0 Å². The Labute approximate surface area is 188 Å². The number of fused-ring (bicyclic) bond motifs is 2. The fourth-order valence-corrected chi connectivity index (χ4v) is 4.84. The van der Waals surface area contributed by atoms with E-state index in [9.17, 15) is 14.4 Å². The third-order valence-corrected chi connectivity index (χ3v) is 6.65. The van der Waals surface area contributed by atoms with Crippen molar-refractivity contribution in [3.8, 4) is 5.75 Å². The van der Waals surface area contributed by atoms with Crippen molar-refractivity contribution < 1.29 is 23.9 Å². The van der Waals surface area contributed by atoms with Gasteiger partial charge in [-0.25, -0.2) is 4.79 Å². The van der Waals surface area contributed by atoms with Gasteiger partial charge in [-0.15, -0.1) is 0 Å². The Balaban J connectivity index is 1.45. The second kappa shape index (κ2) is 9.77. The fourth-order valence-electron chi connectivity index (χ4n) is 4.84. The van der Waals surface area contributed by atoms with E-state index in [1.54, 1.807) is 37.2 Å². The number of rotatable bonds is 4. The van der Waals surface area contributed by atoms with E-state index in [4.69, 9.17) is 9.47 Å². The lowest BCUT2D eigenvalue weighted by molar-refractivity contribution is -0.133. The lowest BCUT2D eigenvalue weighted by atomic mass is 9.94. The van der Waals surface area contributed by atoms with Crippen molar-refractivity contribution in [2.24, 2.45) is 0 Å². The van der Waals surface area contributed by atoms with E-state index in [1.165, 1.54) is 0 Å². The number of ether oxygens (including phenoxy) is 2. The molecular weight excluding hydrogens is 412 g/mol. The molecule has 3 aliphatic rings. The number of benzene rings is 1. The minimum atomic E-state index is -0.310. The van der Waals surface area contributed by atoms with Crippen LogP contribution < -0.4 is 20.7 Å². The second-order valence-electron chi connectivity index (χ2n) is 8.84. The Morgan fingerprint density at radius 1 is 1.16 bits per heavy atom. The Bertz CT molecular complexity index is 870. The zero-order chi connectivity index (χ0) is 22.7. The van der Waals surface area contributed by atoms with Gasteiger partial charge in [-0.05, 0) is 43.9 Å². The van der Waals surface area contributed by atoms with Crippen LogP contribution in [0.5, 0.6) is 5.75 Å². The third-order valence-electron chi connectivity index (χ3n) is 6.65. The first-order valence-electron chi connectivity index (χ1n) is 11.4. The highest BCUT2D eigenvalue weighted by Gasteiger charge is 2.39. The molecule has 1 aliphatic carbocycles. The Morgan fingerprint density at radius 3 is 2.69 bits per heavy atom. The number of nitrogens with one attached hydrogen (secondary N) is 3. The lowest BCUT2D eigenvalue weighted by Crippen LogP contribution is -2.53. The second-order valence-corrected chi connectivity index (χ2v) is 8.84. The van der Waals surface area contributed by atoms with E-state index in [2.05, 4.69) is 16.0 Å². The number of carbonyl (C=O) groups excluding carboxylic acids is 3. The molecule has 9 heteroatoms. The monoisotopic (exact) mass is 444 g/mol. The molecule has 174 valence electrons. The highest BCUT2D eigenvalue weighted by atomic mass is 16.5. The summed E-state index contributed by atoms with van der Waals surface area (Å²) < 4.78 is 12.1. The number of hydrogen-bond acceptors (Lipinski definition) is 5. The van der Waals surface area contributed by atoms with Gasteiger partial charge in [-0.3, -0.25) is 9.59 Å². The molecule has 0 radical (unpaired) electrons. The van der Waals surface area contributed by atoms with Crippen LogP contribution >= 0.6 is 0 Å². The van der Waals surface area contributed by atoms with E-state index >= 15 is 0 Å². The van der Waals surface area contributed by atoms with Gasteiger partial charge >= 0.3 is 6.03 Å². The van der Waals surface area contributed by atoms with Gasteiger partial charge in [0.1, 0.15) is 18.5 Å². The first-order chi connectivity index (χ1) is 15.4. The van der Waals surface area contributed by atoms with Crippen molar-refractivity contribution >= 4 is 23.5 Å². The first kappa shape index (κ1) is 22.4. The van der Waals surface area contributed by atoms with Gasteiger partial charge in [0.2, 0.25) is 5.91 Å². The molecule has 0 spiro atoms. The molecule has 4 amide bonds. The van der Waals surface area contributed by atoms with Gasteiger partial charge in [-0.2, -0.15) is 0 Å². The summed E-state index contributed by atoms with van der Waals surface area (Å²) in [6, 6.07) is 4.92. The molecule has 1 aromatic carbocycles. The number of urea groups is 1. The average Bonchev–Trinajstić information content (AvgIpc) is 3.29. The molecule has 1 saturated carbocycles. The van der Waals surface area contributed by atoms with Crippen LogP contribution in [0.25, 0.3) is 0 Å². The minimum Gasteiger partial charge on any atom is -0.490 e. The van der Waals surface area contributed by atoms with Gasteiger partial charge < -0.3 is 30.3 Å². The largest absolute Gasteiger partial charge is 0.490 e. The highest BCUT2D eigenvalue weighted by molar-refractivity contribution is 5.99. The Morgan fingerprint density at radius 2 is 1.94 bits per heavy atom. The maximum absolute atomic E-state index is 13.3. The summed E-state index contributed by atoms with van der Waals surface area (Å²) in [6.45, 7) is 0.286. The Hall–Kier alpha value is -2.81. The SMILES string of the molecule is CNC(=O)C[C@H]1CC[C@H]2[C@@H](COc3ccc(NC(=O)NC4CCCC4)cc3C(=O)N2C)O1. The summed E-state index contributed by atoms with van der Waals surface area (Å²) in [5.41, 5.74) is 0.962. The van der Waals surface area contributed by atoms with Gasteiger partial charge in [0.05, 0.1) is 24.1 Å². The predicted octanol–water partition coefficient (Wildman–Crippen LogP) is 2.27. The summed E-state index contributed by atoms with van der Waals surface area (Å²) in [5, 5.41) is 8.45. The molecule has 32 heavy (non-hydrogen) atoms. The van der Waals surface area contributed by atoms with E-state index in [1.807, 2.05) is 0 Å². The fraction of sp³-hybridized carbons (Fsp3) is 0.609. The molecule has 2 aliphatic heterocycles. The van der Waals surface area contributed by atoms with Crippen molar-refractivity contribution in [3.05, 3.63) is 23.8 Å². The van der Waals surface area contributed by atoms with Gasteiger partial charge in [0.15, 0.2) is 0 Å². The Kier molecular flexibility index (Phi) is 6.83. The standard InChI is InChI=1S/C23H32N4O5/c1-24-21(28)12-16-8-9-18-20(32-16)13-31-19-10-7-15(11-17(19)22(29)27(18)2)26-23(30)25-14-5-3-4-6-14/h7,10-11,14,16,18,20H,3-6,8-9,12-13H2,1-2H3,(H,24,28)(H2,25,26,30)/t16-,18+,20-/m1/s1. The number of amides is 4. The van der Waals surface area contributed by atoms with Crippen LogP contribution in [0.4, 0.5) is 10.5 Å². The molecular formula is C23H32N4O5. The average molecular weight is 445 g/mol. The van der Waals surface area contributed by atoms with Crippen LogP contribution in [0.1, 0.15) is 55.3 Å². The molecule has 2 fully saturated rings. The number of likely N-dealkylation sites (N-methyl/N-ethyl adjacent to an activating group) is 1. The van der Waals surface area contributed by atoms with Crippen LogP contribution in [-0.4, -0.2) is 67.7 Å². The molecule has 3 N–H and O–H groups in total. The maximum Gasteiger partial charge on any atom is 0.319 e. The van der Waals surface area contributed by atoms with Crippen molar-refractivity contribution in [3.63, 3.8) is 0 Å². The van der Waals surface area contributed by atoms with Crippen molar-refractivity contribution in [2.45, 2.75) is 69.2 Å². The van der Waals surface area contributed by atoms with E-state index in [0.29, 0.717) is 29.8 Å². The van der Waals surface area contributed by atoms with E-state index < -0.39 is 0 Å². The first-order valence-corrected chi connectivity index (χ1v) is 11.4.